The number of hydrogen-bond acceptors (Lipinski definition) is 3. The molecule has 0 aliphatic heterocycles. The van der Waals surface area contributed by atoms with Gasteiger partial charge in [-0.05, 0) is 37.6 Å². The molecule has 0 saturated carbocycles. The molecule has 1 aromatic carbocycles. The van der Waals surface area contributed by atoms with Gasteiger partial charge in [0.05, 0.1) is 16.9 Å². The number of benzene rings is 1. The summed E-state index contributed by atoms with van der Waals surface area (Å²) in [4.78, 5) is 11.4. The second-order valence-corrected chi connectivity index (χ2v) is 5.49. The Labute approximate surface area is 149 Å². The molecule has 0 spiro atoms. The van der Waals surface area contributed by atoms with Gasteiger partial charge in [-0.25, -0.2) is 4.68 Å². The summed E-state index contributed by atoms with van der Waals surface area (Å²) >= 11 is 0. The fraction of sp³-hybridized carbons (Fsp3) is 0.375. The predicted octanol–water partition coefficient (Wildman–Crippen LogP) is 2.89. The number of aryl methyl sites for hydroxylation is 2. The molecule has 25 heavy (non-hydrogen) atoms. The van der Waals surface area contributed by atoms with Crippen molar-refractivity contribution in [3.05, 3.63) is 46.8 Å². The summed E-state index contributed by atoms with van der Waals surface area (Å²) in [5.74, 6) is -0.381. The largest absolute Gasteiger partial charge is 0.416 e. The number of halogens is 4. The molecule has 0 aliphatic carbocycles. The zero-order valence-electron chi connectivity index (χ0n) is 13.9. The Bertz CT molecular complexity index is 743. The first-order valence-corrected chi connectivity index (χ1v) is 7.43. The number of nitrogens with two attached hydrogens (primary N) is 1. The van der Waals surface area contributed by atoms with Gasteiger partial charge in [0.2, 0.25) is 5.91 Å². The van der Waals surface area contributed by atoms with Crippen LogP contribution in [0.5, 0.6) is 0 Å². The highest BCUT2D eigenvalue weighted by molar-refractivity contribution is 5.85. The molecule has 2 rings (SSSR count). The van der Waals surface area contributed by atoms with Gasteiger partial charge < -0.3 is 11.1 Å². The molecule has 0 bridgehead atoms. The fourth-order valence-corrected chi connectivity index (χ4v) is 2.42. The number of alkyl halides is 3. The van der Waals surface area contributed by atoms with Crippen molar-refractivity contribution in [2.75, 3.05) is 6.54 Å². The number of carbonyl (C=O) groups is 1. The first-order valence-electron chi connectivity index (χ1n) is 7.43. The van der Waals surface area contributed by atoms with E-state index >= 15 is 0 Å². The maximum atomic E-state index is 13.4. The van der Waals surface area contributed by atoms with Gasteiger partial charge in [-0.3, -0.25) is 4.79 Å². The Kier molecular flexibility index (Phi) is 7.01. The predicted molar refractivity (Wildman–Crippen MR) is 90.8 cm³/mol. The Morgan fingerprint density at radius 2 is 1.96 bits per heavy atom. The topological polar surface area (TPSA) is 72.9 Å². The quantitative estimate of drug-likeness (QED) is 0.842. The molecule has 0 aliphatic rings. The summed E-state index contributed by atoms with van der Waals surface area (Å²) in [6.45, 7) is 3.49. The molecule has 0 radical (unpaired) electrons. The van der Waals surface area contributed by atoms with Crippen LogP contribution < -0.4 is 11.1 Å². The van der Waals surface area contributed by atoms with Crippen LogP contribution >= 0.6 is 12.4 Å². The number of carbonyl (C=O) groups excluding carboxylic acids is 1. The molecule has 0 saturated heterocycles. The van der Waals surface area contributed by atoms with Crippen molar-refractivity contribution >= 4 is 18.3 Å². The SMILES string of the molecule is Cc1cc(C)n(-c2ccc(CNC(=O)CCN)c(C(F)(F)F)c2)n1.Cl. The maximum Gasteiger partial charge on any atom is 0.416 e. The third-order valence-electron chi connectivity index (χ3n) is 3.50. The van der Waals surface area contributed by atoms with Gasteiger partial charge in [0.1, 0.15) is 0 Å². The molecule has 138 valence electrons. The highest BCUT2D eigenvalue weighted by Crippen LogP contribution is 2.33. The summed E-state index contributed by atoms with van der Waals surface area (Å²) in [6.07, 6.45) is -4.45. The normalized spacial score (nSPS) is 11.1. The van der Waals surface area contributed by atoms with E-state index in [1.54, 1.807) is 26.0 Å². The van der Waals surface area contributed by atoms with Crippen LogP contribution in [0.15, 0.2) is 24.3 Å². The summed E-state index contributed by atoms with van der Waals surface area (Å²) < 4.78 is 41.5. The van der Waals surface area contributed by atoms with Crippen molar-refractivity contribution in [1.29, 1.82) is 0 Å². The molecule has 3 N–H and O–H groups in total. The average Bonchev–Trinajstić information content (AvgIpc) is 2.83. The first-order chi connectivity index (χ1) is 11.2. The van der Waals surface area contributed by atoms with Gasteiger partial charge in [0, 0.05) is 25.2 Å². The van der Waals surface area contributed by atoms with Crippen LogP contribution in [-0.4, -0.2) is 22.2 Å². The van der Waals surface area contributed by atoms with E-state index in [9.17, 15) is 18.0 Å². The lowest BCUT2D eigenvalue weighted by Gasteiger charge is -2.16. The molecule has 1 amide bonds. The van der Waals surface area contributed by atoms with Crippen molar-refractivity contribution in [2.45, 2.75) is 33.0 Å². The van der Waals surface area contributed by atoms with Crippen molar-refractivity contribution < 1.29 is 18.0 Å². The molecular formula is C16H20ClF3N4O. The van der Waals surface area contributed by atoms with E-state index in [2.05, 4.69) is 10.4 Å². The Balaban J connectivity index is 0.00000312. The van der Waals surface area contributed by atoms with Gasteiger partial charge in [-0.2, -0.15) is 18.3 Å². The van der Waals surface area contributed by atoms with Crippen molar-refractivity contribution in [2.24, 2.45) is 5.73 Å². The lowest BCUT2D eigenvalue weighted by molar-refractivity contribution is -0.138. The number of nitrogens with zero attached hydrogens (tertiary/aromatic N) is 2. The molecule has 9 heteroatoms. The Morgan fingerprint density at radius 3 is 2.48 bits per heavy atom. The lowest BCUT2D eigenvalue weighted by Crippen LogP contribution is -2.26. The number of amides is 1. The van der Waals surface area contributed by atoms with Crippen molar-refractivity contribution in [3.8, 4) is 5.69 Å². The van der Waals surface area contributed by atoms with E-state index in [1.807, 2.05) is 0 Å². The lowest BCUT2D eigenvalue weighted by atomic mass is 10.1. The minimum absolute atomic E-state index is 0. The summed E-state index contributed by atoms with van der Waals surface area (Å²) in [5.41, 5.74) is 6.24. The van der Waals surface area contributed by atoms with Crippen LogP contribution in [0.1, 0.15) is 28.9 Å². The van der Waals surface area contributed by atoms with Crippen LogP contribution in [0, 0.1) is 13.8 Å². The third-order valence-corrected chi connectivity index (χ3v) is 3.50. The van der Waals surface area contributed by atoms with Crippen LogP contribution in [-0.2, 0) is 17.5 Å². The van der Waals surface area contributed by atoms with Crippen LogP contribution in [0.3, 0.4) is 0 Å². The van der Waals surface area contributed by atoms with Crippen LogP contribution in [0.2, 0.25) is 0 Å². The number of rotatable bonds is 5. The van der Waals surface area contributed by atoms with Crippen molar-refractivity contribution in [1.82, 2.24) is 15.1 Å². The third kappa shape index (κ3) is 5.20. The van der Waals surface area contributed by atoms with Gasteiger partial charge in [0.15, 0.2) is 0 Å². The minimum atomic E-state index is -4.53. The molecule has 0 atom stereocenters. The second kappa shape index (κ2) is 8.35. The Morgan fingerprint density at radius 1 is 1.28 bits per heavy atom. The molecule has 1 aromatic heterocycles. The fourth-order valence-electron chi connectivity index (χ4n) is 2.42. The second-order valence-electron chi connectivity index (χ2n) is 5.49. The average molecular weight is 377 g/mol. The van der Waals surface area contributed by atoms with E-state index in [1.165, 1.54) is 10.7 Å². The monoisotopic (exact) mass is 376 g/mol. The summed E-state index contributed by atoms with van der Waals surface area (Å²) in [5, 5.41) is 6.64. The van der Waals surface area contributed by atoms with Crippen LogP contribution in [0.4, 0.5) is 13.2 Å². The van der Waals surface area contributed by atoms with Crippen LogP contribution in [0.25, 0.3) is 5.69 Å². The number of aromatic nitrogens is 2. The maximum absolute atomic E-state index is 13.4. The van der Waals surface area contributed by atoms with Gasteiger partial charge in [-0.15, -0.1) is 12.4 Å². The Hall–Kier alpha value is -2.06. The molecule has 1 heterocycles. The summed E-state index contributed by atoms with van der Waals surface area (Å²) in [6, 6.07) is 5.74. The van der Waals surface area contributed by atoms with Crippen molar-refractivity contribution in [3.63, 3.8) is 0 Å². The first kappa shape index (κ1) is 21.0. The standard InChI is InChI=1S/C16H19F3N4O.ClH/c1-10-7-11(2)23(22-10)13-4-3-12(9-21-15(24)5-6-20)14(8-13)16(17,18)19;/h3-4,7-8H,5-6,9,20H2,1-2H3,(H,21,24);1H. The number of nitrogens with one attached hydrogen (secondary N) is 1. The smallest absolute Gasteiger partial charge is 0.352 e. The zero-order valence-corrected chi connectivity index (χ0v) is 14.7. The minimum Gasteiger partial charge on any atom is -0.352 e. The molecule has 0 fully saturated rings. The molecule has 5 nitrogen and oxygen atoms in total. The van der Waals surface area contributed by atoms with Gasteiger partial charge >= 0.3 is 6.18 Å². The molecule has 0 unspecified atom stereocenters. The number of hydrogen-bond donors (Lipinski definition) is 2. The molecule has 2 aromatic rings. The van der Waals surface area contributed by atoms with E-state index < -0.39 is 11.7 Å². The highest BCUT2D eigenvalue weighted by atomic mass is 35.5. The van der Waals surface area contributed by atoms with Gasteiger partial charge in [0.25, 0.3) is 0 Å². The van der Waals surface area contributed by atoms with E-state index in [-0.39, 0.29) is 43.4 Å². The zero-order chi connectivity index (χ0) is 17.9. The van der Waals surface area contributed by atoms with E-state index in [4.69, 9.17) is 5.73 Å². The molecular weight excluding hydrogens is 357 g/mol. The van der Waals surface area contributed by atoms with Gasteiger partial charge in [-0.1, -0.05) is 6.07 Å². The van der Waals surface area contributed by atoms with E-state index in [0.29, 0.717) is 5.69 Å². The van der Waals surface area contributed by atoms with E-state index in [0.717, 1.165) is 17.5 Å². The summed E-state index contributed by atoms with van der Waals surface area (Å²) in [7, 11) is 0. The highest BCUT2D eigenvalue weighted by Gasteiger charge is 2.33.